The normalized spacial score (nSPS) is 22.2. The van der Waals surface area contributed by atoms with Crippen molar-refractivity contribution in [2.75, 3.05) is 18.1 Å². The molecule has 0 saturated carbocycles. The molecule has 0 bridgehead atoms. The van der Waals surface area contributed by atoms with Crippen molar-refractivity contribution >= 4 is 5.95 Å². The van der Waals surface area contributed by atoms with Crippen LogP contribution in [0.3, 0.4) is 0 Å². The summed E-state index contributed by atoms with van der Waals surface area (Å²) in [6.45, 7) is 0.566. The van der Waals surface area contributed by atoms with Crippen LogP contribution in [0.2, 0.25) is 0 Å². The van der Waals surface area contributed by atoms with E-state index in [-0.39, 0.29) is 12.7 Å². The van der Waals surface area contributed by atoms with Crippen LogP contribution in [0.4, 0.5) is 10.3 Å². The van der Waals surface area contributed by atoms with Gasteiger partial charge in [0.05, 0.1) is 6.04 Å². The van der Waals surface area contributed by atoms with Gasteiger partial charge in [-0.2, -0.15) is 0 Å². The van der Waals surface area contributed by atoms with Crippen molar-refractivity contribution in [1.82, 2.24) is 9.97 Å². The highest BCUT2D eigenvalue weighted by Gasteiger charge is 2.25. The van der Waals surface area contributed by atoms with Gasteiger partial charge in [-0.3, -0.25) is 0 Å². The van der Waals surface area contributed by atoms with E-state index in [0.29, 0.717) is 5.95 Å². The van der Waals surface area contributed by atoms with E-state index < -0.39 is 0 Å². The van der Waals surface area contributed by atoms with E-state index in [9.17, 15) is 4.39 Å². The molecule has 1 unspecified atom stereocenters. The summed E-state index contributed by atoms with van der Waals surface area (Å²) in [6.07, 6.45) is 5.33. The maximum atomic E-state index is 12.5. The highest BCUT2D eigenvalue weighted by atomic mass is 19.1. The van der Waals surface area contributed by atoms with Gasteiger partial charge in [-0.1, -0.05) is 0 Å². The van der Waals surface area contributed by atoms with E-state index >= 15 is 0 Å². The van der Waals surface area contributed by atoms with E-state index in [1.807, 2.05) is 4.90 Å². The van der Waals surface area contributed by atoms with Crippen LogP contribution >= 0.6 is 0 Å². The topological polar surface area (TPSA) is 29.0 Å². The van der Waals surface area contributed by atoms with Crippen molar-refractivity contribution in [3.05, 3.63) is 18.5 Å². The Labute approximate surface area is 76.6 Å². The molecule has 3 nitrogen and oxygen atoms in total. The predicted octanol–water partition coefficient (Wildman–Crippen LogP) is 1.41. The molecular weight excluding hydrogens is 169 g/mol. The van der Waals surface area contributed by atoms with E-state index in [0.717, 1.165) is 19.4 Å². The van der Waals surface area contributed by atoms with E-state index in [1.54, 1.807) is 18.5 Å². The van der Waals surface area contributed by atoms with Gasteiger partial charge in [0.1, 0.15) is 6.67 Å². The van der Waals surface area contributed by atoms with Gasteiger partial charge >= 0.3 is 0 Å². The SMILES string of the molecule is FCC1CCCN1c1ncccn1. The Bertz CT molecular complexity index is 265. The summed E-state index contributed by atoms with van der Waals surface area (Å²) < 4.78 is 12.5. The van der Waals surface area contributed by atoms with Crippen molar-refractivity contribution in [2.24, 2.45) is 0 Å². The fourth-order valence-corrected chi connectivity index (χ4v) is 1.70. The predicted molar refractivity (Wildman–Crippen MR) is 48.4 cm³/mol. The second-order valence-corrected chi connectivity index (χ2v) is 3.19. The van der Waals surface area contributed by atoms with Crippen LogP contribution in [0.1, 0.15) is 12.8 Å². The molecule has 1 fully saturated rings. The number of hydrogen-bond donors (Lipinski definition) is 0. The molecule has 0 spiro atoms. The Balaban J connectivity index is 2.16. The lowest BCUT2D eigenvalue weighted by atomic mass is 10.2. The first-order valence-electron chi connectivity index (χ1n) is 4.51. The molecule has 1 aliphatic heterocycles. The first-order valence-corrected chi connectivity index (χ1v) is 4.51. The molecule has 1 aliphatic rings. The maximum Gasteiger partial charge on any atom is 0.225 e. The molecule has 1 atom stereocenters. The summed E-state index contributed by atoms with van der Waals surface area (Å²) in [6, 6.07) is 1.76. The number of anilines is 1. The van der Waals surface area contributed by atoms with E-state index in [1.165, 1.54) is 0 Å². The third-order valence-corrected chi connectivity index (χ3v) is 2.36. The van der Waals surface area contributed by atoms with Crippen molar-refractivity contribution < 1.29 is 4.39 Å². The highest BCUT2D eigenvalue weighted by Crippen LogP contribution is 2.21. The van der Waals surface area contributed by atoms with Gasteiger partial charge in [-0.15, -0.1) is 0 Å². The zero-order valence-corrected chi connectivity index (χ0v) is 7.36. The quantitative estimate of drug-likeness (QED) is 0.690. The van der Waals surface area contributed by atoms with Gasteiger partial charge in [0, 0.05) is 18.9 Å². The smallest absolute Gasteiger partial charge is 0.225 e. The van der Waals surface area contributed by atoms with Gasteiger partial charge in [0.25, 0.3) is 0 Å². The molecule has 0 aliphatic carbocycles. The van der Waals surface area contributed by atoms with Crippen LogP contribution < -0.4 is 4.90 Å². The van der Waals surface area contributed by atoms with Crippen molar-refractivity contribution in [2.45, 2.75) is 18.9 Å². The minimum atomic E-state index is -0.307. The molecule has 0 amide bonds. The minimum Gasteiger partial charge on any atom is -0.335 e. The van der Waals surface area contributed by atoms with Crippen molar-refractivity contribution in [1.29, 1.82) is 0 Å². The van der Waals surface area contributed by atoms with Crippen LogP contribution in [0, 0.1) is 0 Å². The Kier molecular flexibility index (Phi) is 2.38. The molecule has 13 heavy (non-hydrogen) atoms. The summed E-state index contributed by atoms with van der Waals surface area (Å²) >= 11 is 0. The maximum absolute atomic E-state index is 12.5. The highest BCUT2D eigenvalue weighted by molar-refractivity contribution is 5.32. The van der Waals surface area contributed by atoms with Crippen LogP contribution in [0.25, 0.3) is 0 Å². The summed E-state index contributed by atoms with van der Waals surface area (Å²) in [5, 5.41) is 0. The first kappa shape index (κ1) is 8.41. The van der Waals surface area contributed by atoms with E-state index in [2.05, 4.69) is 9.97 Å². The van der Waals surface area contributed by atoms with E-state index in [4.69, 9.17) is 0 Å². The van der Waals surface area contributed by atoms with Crippen molar-refractivity contribution in [3.63, 3.8) is 0 Å². The Morgan fingerprint density at radius 1 is 1.46 bits per heavy atom. The number of alkyl halides is 1. The number of rotatable bonds is 2. The Hall–Kier alpha value is -1.19. The van der Waals surface area contributed by atoms with Crippen LogP contribution in [0.15, 0.2) is 18.5 Å². The van der Waals surface area contributed by atoms with Crippen molar-refractivity contribution in [3.8, 4) is 0 Å². The minimum absolute atomic E-state index is 0.0117. The lowest BCUT2D eigenvalue weighted by Crippen LogP contribution is -2.32. The molecule has 1 aromatic rings. The fraction of sp³-hybridized carbons (Fsp3) is 0.556. The largest absolute Gasteiger partial charge is 0.335 e. The van der Waals surface area contributed by atoms with Crippen LogP contribution in [0.5, 0.6) is 0 Å². The summed E-state index contributed by atoms with van der Waals surface area (Å²) in [7, 11) is 0. The molecule has 1 aromatic heterocycles. The zero-order valence-electron chi connectivity index (χ0n) is 7.36. The molecule has 70 valence electrons. The van der Waals surface area contributed by atoms with Gasteiger partial charge in [-0.25, -0.2) is 14.4 Å². The van der Waals surface area contributed by atoms with Crippen LogP contribution in [-0.4, -0.2) is 29.2 Å². The summed E-state index contributed by atoms with van der Waals surface area (Å²) in [5.41, 5.74) is 0. The third-order valence-electron chi connectivity index (χ3n) is 2.36. The number of aromatic nitrogens is 2. The summed E-state index contributed by atoms with van der Waals surface area (Å²) in [4.78, 5) is 10.2. The Morgan fingerprint density at radius 2 is 2.23 bits per heavy atom. The van der Waals surface area contributed by atoms with Gasteiger partial charge < -0.3 is 4.90 Å². The average Bonchev–Trinajstić information content (AvgIpc) is 2.67. The molecule has 4 heteroatoms. The molecule has 2 heterocycles. The Morgan fingerprint density at radius 3 is 2.92 bits per heavy atom. The van der Waals surface area contributed by atoms with Gasteiger partial charge in [-0.05, 0) is 18.9 Å². The van der Waals surface area contributed by atoms with Crippen LogP contribution in [-0.2, 0) is 0 Å². The number of nitrogens with zero attached hydrogens (tertiary/aromatic N) is 3. The second kappa shape index (κ2) is 3.68. The van der Waals surface area contributed by atoms with Gasteiger partial charge in [0.15, 0.2) is 0 Å². The molecule has 1 saturated heterocycles. The lowest BCUT2D eigenvalue weighted by Gasteiger charge is -2.21. The molecule has 0 radical (unpaired) electrons. The summed E-state index contributed by atoms with van der Waals surface area (Å²) in [5.74, 6) is 0.655. The average molecular weight is 181 g/mol. The number of halogens is 1. The first-order chi connectivity index (χ1) is 6.42. The zero-order chi connectivity index (χ0) is 9.10. The third kappa shape index (κ3) is 1.61. The molecular formula is C9H12FN3. The monoisotopic (exact) mass is 181 g/mol. The fourth-order valence-electron chi connectivity index (χ4n) is 1.70. The lowest BCUT2D eigenvalue weighted by molar-refractivity contribution is 0.426. The molecule has 2 rings (SSSR count). The van der Waals surface area contributed by atoms with Gasteiger partial charge in [0.2, 0.25) is 5.95 Å². The molecule has 0 N–H and O–H groups in total. The second-order valence-electron chi connectivity index (χ2n) is 3.19. The molecule has 0 aromatic carbocycles. The standard InChI is InChI=1S/C9H12FN3/c10-7-8-3-1-6-13(8)9-11-4-2-5-12-9/h2,4-5,8H,1,3,6-7H2. The number of hydrogen-bond acceptors (Lipinski definition) is 3.